The Labute approximate surface area is 191 Å². The fraction of sp³-hybridized carbons (Fsp3) is 0.208. The second-order valence-corrected chi connectivity index (χ2v) is 8.43. The van der Waals surface area contributed by atoms with E-state index >= 15 is 0 Å². The van der Waals surface area contributed by atoms with E-state index in [1.807, 2.05) is 30.3 Å². The Morgan fingerprint density at radius 1 is 1.09 bits per heavy atom. The average Bonchev–Trinajstić information content (AvgIpc) is 3.16. The van der Waals surface area contributed by atoms with Gasteiger partial charge in [-0.05, 0) is 42.7 Å². The predicted molar refractivity (Wildman–Crippen MR) is 124 cm³/mol. The van der Waals surface area contributed by atoms with Gasteiger partial charge in [-0.25, -0.2) is 4.79 Å². The number of amides is 1. The van der Waals surface area contributed by atoms with Gasteiger partial charge in [-0.1, -0.05) is 28.1 Å². The molecule has 0 aliphatic carbocycles. The van der Waals surface area contributed by atoms with Crippen LogP contribution in [0.2, 0.25) is 0 Å². The van der Waals surface area contributed by atoms with E-state index in [0.717, 1.165) is 26.4 Å². The van der Waals surface area contributed by atoms with E-state index in [1.165, 1.54) is 0 Å². The number of fused-ring (bicyclic) bond motifs is 2. The standard InChI is InChI=1S/C24H20BrNO6/c1-13-16-9-18-19(14-4-6-15(25)7-5-14)12-31-20(18)11-21(16)32-24(30)17(13)10-22(27)26-8-2-3-23(28)29/h4-7,9,11-12H,2-3,8,10H2,1H3,(H,26,27)(H,28,29). The van der Waals surface area contributed by atoms with Crippen LogP contribution in [-0.4, -0.2) is 23.5 Å². The molecule has 0 saturated carbocycles. The molecule has 0 atom stereocenters. The second-order valence-electron chi connectivity index (χ2n) is 7.52. The highest BCUT2D eigenvalue weighted by molar-refractivity contribution is 9.10. The van der Waals surface area contributed by atoms with Gasteiger partial charge in [-0.15, -0.1) is 0 Å². The number of hydrogen-bond acceptors (Lipinski definition) is 5. The van der Waals surface area contributed by atoms with E-state index in [9.17, 15) is 14.4 Å². The molecular weight excluding hydrogens is 478 g/mol. The summed E-state index contributed by atoms with van der Waals surface area (Å²) in [5.74, 6) is -1.27. The van der Waals surface area contributed by atoms with Crippen molar-refractivity contribution in [2.24, 2.45) is 0 Å². The van der Waals surface area contributed by atoms with Gasteiger partial charge in [0.1, 0.15) is 11.2 Å². The predicted octanol–water partition coefficient (Wildman–Crippen LogP) is 4.80. The largest absolute Gasteiger partial charge is 0.481 e. The van der Waals surface area contributed by atoms with E-state index in [2.05, 4.69) is 21.2 Å². The molecule has 2 N–H and O–H groups in total. The number of aryl methyl sites for hydroxylation is 1. The van der Waals surface area contributed by atoms with Crippen molar-refractivity contribution in [3.8, 4) is 11.1 Å². The summed E-state index contributed by atoms with van der Waals surface area (Å²) in [4.78, 5) is 35.4. The Morgan fingerprint density at radius 3 is 2.56 bits per heavy atom. The monoisotopic (exact) mass is 497 g/mol. The highest BCUT2D eigenvalue weighted by atomic mass is 79.9. The Balaban J connectivity index is 1.68. The van der Waals surface area contributed by atoms with E-state index < -0.39 is 11.6 Å². The van der Waals surface area contributed by atoms with Crippen LogP contribution in [0.15, 0.2) is 60.8 Å². The van der Waals surface area contributed by atoms with Gasteiger partial charge in [0.2, 0.25) is 5.91 Å². The zero-order chi connectivity index (χ0) is 22.8. The van der Waals surface area contributed by atoms with Crippen LogP contribution >= 0.6 is 15.9 Å². The average molecular weight is 498 g/mol. The molecule has 1 amide bonds. The molecule has 4 rings (SSSR count). The second kappa shape index (κ2) is 9.00. The molecule has 164 valence electrons. The highest BCUT2D eigenvalue weighted by Gasteiger charge is 2.17. The summed E-state index contributed by atoms with van der Waals surface area (Å²) in [6.07, 6.45) is 1.83. The number of halogens is 1. The molecule has 0 unspecified atom stereocenters. The van der Waals surface area contributed by atoms with Gasteiger partial charge < -0.3 is 19.3 Å². The summed E-state index contributed by atoms with van der Waals surface area (Å²) in [6.45, 7) is 2.02. The van der Waals surface area contributed by atoms with Crippen LogP contribution in [0, 0.1) is 6.92 Å². The van der Waals surface area contributed by atoms with Gasteiger partial charge in [-0.3, -0.25) is 9.59 Å². The van der Waals surface area contributed by atoms with Crippen molar-refractivity contribution < 1.29 is 23.5 Å². The normalized spacial score (nSPS) is 11.2. The minimum absolute atomic E-state index is 0.0289. The maximum atomic E-state index is 12.5. The number of furan rings is 1. The lowest BCUT2D eigenvalue weighted by Gasteiger charge is -2.09. The SMILES string of the molecule is Cc1c(CC(=O)NCCCC(=O)O)c(=O)oc2cc3occ(-c4ccc(Br)cc4)c3cc12. The van der Waals surface area contributed by atoms with Gasteiger partial charge in [-0.2, -0.15) is 0 Å². The Bertz CT molecular complexity index is 1380. The molecule has 0 aliphatic rings. The lowest BCUT2D eigenvalue weighted by atomic mass is 9.99. The molecule has 0 spiro atoms. The zero-order valence-electron chi connectivity index (χ0n) is 17.2. The molecule has 0 fully saturated rings. The Hall–Kier alpha value is -3.39. The van der Waals surface area contributed by atoms with E-state index in [0.29, 0.717) is 23.2 Å². The van der Waals surface area contributed by atoms with Crippen molar-refractivity contribution in [3.05, 3.63) is 68.7 Å². The van der Waals surface area contributed by atoms with Crippen LogP contribution in [0.4, 0.5) is 0 Å². The van der Waals surface area contributed by atoms with E-state index in [4.69, 9.17) is 13.9 Å². The van der Waals surface area contributed by atoms with Crippen molar-refractivity contribution in [2.75, 3.05) is 6.54 Å². The molecule has 0 radical (unpaired) electrons. The number of carbonyl (C=O) groups is 2. The van der Waals surface area contributed by atoms with E-state index in [-0.39, 0.29) is 30.9 Å². The maximum absolute atomic E-state index is 12.5. The van der Waals surface area contributed by atoms with Crippen molar-refractivity contribution in [3.63, 3.8) is 0 Å². The summed E-state index contributed by atoms with van der Waals surface area (Å²) in [6, 6.07) is 11.5. The first kappa shape index (κ1) is 21.8. The zero-order valence-corrected chi connectivity index (χ0v) is 18.8. The lowest BCUT2D eigenvalue weighted by Crippen LogP contribution is -2.28. The fourth-order valence-corrected chi connectivity index (χ4v) is 3.92. The number of carbonyl (C=O) groups excluding carboxylic acids is 1. The molecule has 8 heteroatoms. The summed E-state index contributed by atoms with van der Waals surface area (Å²) in [7, 11) is 0. The lowest BCUT2D eigenvalue weighted by molar-refractivity contribution is -0.137. The molecule has 32 heavy (non-hydrogen) atoms. The number of rotatable bonds is 7. The summed E-state index contributed by atoms with van der Waals surface area (Å²) < 4.78 is 12.2. The number of carboxylic acids is 1. The van der Waals surface area contributed by atoms with Gasteiger partial charge >= 0.3 is 11.6 Å². The third-order valence-electron chi connectivity index (χ3n) is 5.36. The molecular formula is C24H20BrNO6. The third kappa shape index (κ3) is 4.45. The molecule has 7 nitrogen and oxygen atoms in total. The molecule has 2 aromatic carbocycles. The molecule has 0 aliphatic heterocycles. The van der Waals surface area contributed by atoms with Gasteiger partial charge in [0, 0.05) is 39.8 Å². The summed E-state index contributed by atoms with van der Waals surface area (Å²) in [5.41, 5.74) is 3.27. The van der Waals surface area contributed by atoms with Crippen LogP contribution in [-0.2, 0) is 16.0 Å². The quantitative estimate of drug-likeness (QED) is 0.280. The van der Waals surface area contributed by atoms with Gasteiger partial charge in [0.15, 0.2) is 0 Å². The smallest absolute Gasteiger partial charge is 0.340 e. The highest BCUT2D eigenvalue weighted by Crippen LogP contribution is 2.35. The van der Waals surface area contributed by atoms with Gasteiger partial charge in [0.25, 0.3) is 0 Å². The molecule has 2 aromatic heterocycles. The number of aliphatic carboxylic acids is 1. The topological polar surface area (TPSA) is 110 Å². The maximum Gasteiger partial charge on any atom is 0.340 e. The van der Waals surface area contributed by atoms with Crippen LogP contribution in [0.5, 0.6) is 0 Å². The first-order chi connectivity index (χ1) is 15.3. The van der Waals surface area contributed by atoms with Crippen molar-refractivity contribution >= 4 is 49.7 Å². The van der Waals surface area contributed by atoms with Crippen molar-refractivity contribution in [1.29, 1.82) is 0 Å². The minimum Gasteiger partial charge on any atom is -0.481 e. The fourth-order valence-electron chi connectivity index (χ4n) is 3.66. The molecule has 0 saturated heterocycles. The molecule has 2 heterocycles. The van der Waals surface area contributed by atoms with Crippen LogP contribution in [0.1, 0.15) is 24.0 Å². The van der Waals surface area contributed by atoms with Crippen molar-refractivity contribution in [2.45, 2.75) is 26.2 Å². The van der Waals surface area contributed by atoms with Crippen LogP contribution in [0.25, 0.3) is 33.1 Å². The van der Waals surface area contributed by atoms with E-state index in [1.54, 1.807) is 19.3 Å². The first-order valence-corrected chi connectivity index (χ1v) is 10.8. The first-order valence-electron chi connectivity index (χ1n) is 10.1. The molecule has 4 aromatic rings. The van der Waals surface area contributed by atoms with Gasteiger partial charge in [0.05, 0.1) is 18.2 Å². The van der Waals surface area contributed by atoms with Crippen LogP contribution in [0.3, 0.4) is 0 Å². The summed E-state index contributed by atoms with van der Waals surface area (Å²) >= 11 is 3.44. The summed E-state index contributed by atoms with van der Waals surface area (Å²) in [5, 5.41) is 12.9. The number of hydrogen-bond donors (Lipinski definition) is 2. The van der Waals surface area contributed by atoms with Crippen LogP contribution < -0.4 is 10.9 Å². The number of carboxylic acid groups (broad SMARTS) is 1. The third-order valence-corrected chi connectivity index (χ3v) is 5.89. The number of nitrogens with one attached hydrogen (secondary N) is 1. The minimum atomic E-state index is -0.918. The Kier molecular flexibility index (Phi) is 6.14. The Morgan fingerprint density at radius 2 is 1.84 bits per heavy atom. The number of benzene rings is 2. The molecule has 0 bridgehead atoms. The van der Waals surface area contributed by atoms with Crippen molar-refractivity contribution in [1.82, 2.24) is 5.32 Å².